The molecule has 7 heteroatoms. The number of fused-ring (bicyclic) bond motifs is 1. The van der Waals surface area contributed by atoms with Crippen molar-refractivity contribution >= 4 is 11.9 Å². The first kappa shape index (κ1) is 17.5. The smallest absolute Gasteiger partial charge is 0.320 e. The van der Waals surface area contributed by atoms with Gasteiger partial charge < -0.3 is 25.2 Å². The maximum Gasteiger partial charge on any atom is 0.320 e. The maximum absolute atomic E-state index is 12.7. The summed E-state index contributed by atoms with van der Waals surface area (Å²) in [5.74, 6) is 1.28. The Kier molecular flexibility index (Phi) is 4.85. The van der Waals surface area contributed by atoms with E-state index in [1.54, 1.807) is 26.1 Å². The van der Waals surface area contributed by atoms with Gasteiger partial charge in [0.1, 0.15) is 5.75 Å². The number of carbonyl (C=O) groups excluding carboxylic acids is 2. The fourth-order valence-electron chi connectivity index (χ4n) is 4.06. The van der Waals surface area contributed by atoms with Crippen molar-refractivity contribution in [1.82, 2.24) is 14.7 Å². The Morgan fingerprint density at radius 1 is 1.20 bits per heavy atom. The molecular weight excluding hydrogens is 320 g/mol. The topological polar surface area (TPSA) is 79.1 Å². The van der Waals surface area contributed by atoms with Crippen molar-refractivity contribution in [3.63, 3.8) is 0 Å². The molecule has 25 heavy (non-hydrogen) atoms. The molecule has 0 radical (unpaired) electrons. The van der Waals surface area contributed by atoms with Crippen LogP contribution in [0.15, 0.2) is 24.3 Å². The van der Waals surface area contributed by atoms with Crippen molar-refractivity contribution < 1.29 is 14.3 Å². The van der Waals surface area contributed by atoms with E-state index in [0.717, 1.165) is 11.3 Å². The van der Waals surface area contributed by atoms with E-state index < -0.39 is 0 Å². The van der Waals surface area contributed by atoms with Crippen LogP contribution in [-0.2, 0) is 4.79 Å². The summed E-state index contributed by atoms with van der Waals surface area (Å²) in [5.41, 5.74) is 6.59. The van der Waals surface area contributed by atoms with E-state index in [1.165, 1.54) is 0 Å². The number of rotatable bonds is 3. The lowest BCUT2D eigenvalue weighted by Gasteiger charge is -2.32. The minimum absolute atomic E-state index is 0.00641. The number of amides is 3. The number of carbonyl (C=O) groups is 2. The van der Waals surface area contributed by atoms with Gasteiger partial charge in [0.15, 0.2) is 0 Å². The van der Waals surface area contributed by atoms with Crippen LogP contribution < -0.4 is 10.5 Å². The second-order valence-electron chi connectivity index (χ2n) is 6.97. The predicted molar refractivity (Wildman–Crippen MR) is 94.1 cm³/mol. The number of nitrogens with two attached hydrogens (primary N) is 1. The minimum Gasteiger partial charge on any atom is -0.497 e. The molecule has 2 saturated heterocycles. The molecule has 3 amide bonds. The zero-order valence-electron chi connectivity index (χ0n) is 15.0. The average Bonchev–Trinajstić information content (AvgIpc) is 3.18. The second-order valence-corrected chi connectivity index (χ2v) is 6.97. The number of benzene rings is 1. The first-order chi connectivity index (χ1) is 12.0. The quantitative estimate of drug-likeness (QED) is 0.877. The molecule has 0 bridgehead atoms. The molecule has 2 aliphatic rings. The van der Waals surface area contributed by atoms with E-state index in [2.05, 4.69) is 0 Å². The summed E-state index contributed by atoms with van der Waals surface area (Å²) in [6.45, 7) is 2.01. The van der Waals surface area contributed by atoms with Crippen molar-refractivity contribution in [2.75, 3.05) is 47.4 Å². The lowest BCUT2D eigenvalue weighted by molar-refractivity contribution is -0.129. The third-order valence-corrected chi connectivity index (χ3v) is 5.28. The molecule has 0 saturated carbocycles. The zero-order valence-corrected chi connectivity index (χ0v) is 15.0. The third kappa shape index (κ3) is 3.16. The van der Waals surface area contributed by atoms with Crippen molar-refractivity contribution in [3.05, 3.63) is 29.8 Å². The molecule has 7 nitrogen and oxygen atoms in total. The Hall–Kier alpha value is -2.28. The molecule has 2 aliphatic heterocycles. The van der Waals surface area contributed by atoms with Gasteiger partial charge in [-0.15, -0.1) is 0 Å². The van der Waals surface area contributed by atoms with Gasteiger partial charge in [-0.1, -0.05) is 12.1 Å². The summed E-state index contributed by atoms with van der Waals surface area (Å²) in [6, 6.07) is 7.82. The fraction of sp³-hybridized carbons (Fsp3) is 0.556. The first-order valence-electron chi connectivity index (χ1n) is 8.56. The third-order valence-electron chi connectivity index (χ3n) is 5.28. The molecule has 3 atom stereocenters. The normalized spacial score (nSPS) is 25.0. The van der Waals surface area contributed by atoms with Crippen molar-refractivity contribution in [3.8, 4) is 5.75 Å². The molecule has 0 aliphatic carbocycles. The van der Waals surface area contributed by atoms with Gasteiger partial charge in [0.2, 0.25) is 5.91 Å². The monoisotopic (exact) mass is 346 g/mol. The number of hydrogen-bond acceptors (Lipinski definition) is 4. The van der Waals surface area contributed by atoms with Gasteiger partial charge in [0.25, 0.3) is 0 Å². The molecule has 2 N–H and O–H groups in total. The number of ether oxygens (including phenoxy) is 1. The maximum atomic E-state index is 12.7. The van der Waals surface area contributed by atoms with E-state index in [-0.39, 0.29) is 36.4 Å². The highest BCUT2D eigenvalue weighted by molar-refractivity contribution is 5.79. The van der Waals surface area contributed by atoms with Gasteiger partial charge in [-0.25, -0.2) is 4.79 Å². The molecule has 1 aromatic rings. The van der Waals surface area contributed by atoms with Gasteiger partial charge in [-0.3, -0.25) is 4.79 Å². The summed E-state index contributed by atoms with van der Waals surface area (Å²) >= 11 is 0. The Labute approximate surface area is 148 Å². The second kappa shape index (κ2) is 6.92. The summed E-state index contributed by atoms with van der Waals surface area (Å²) in [6.07, 6.45) is 0. The standard InChI is InChI=1S/C18H26N4O3/c1-20(2)18(24)22-10-13-9-21(16(23)8-19)11-15(13)17(22)12-4-6-14(25-3)7-5-12/h4-7,13,15,17H,8-11,19H2,1-3H3/t13-,15-,17+/m1/s1. The van der Waals surface area contributed by atoms with E-state index >= 15 is 0 Å². The van der Waals surface area contributed by atoms with E-state index in [0.29, 0.717) is 19.6 Å². The van der Waals surface area contributed by atoms with Crippen LogP contribution in [0.1, 0.15) is 11.6 Å². The molecule has 2 heterocycles. The Morgan fingerprint density at radius 3 is 2.44 bits per heavy atom. The van der Waals surface area contributed by atoms with Crippen LogP contribution in [0, 0.1) is 11.8 Å². The van der Waals surface area contributed by atoms with E-state index in [9.17, 15) is 9.59 Å². The SMILES string of the molecule is COc1ccc([C@H]2[C@@H]3CN(C(=O)CN)C[C@@H]3CN2C(=O)N(C)C)cc1. The average molecular weight is 346 g/mol. The number of methoxy groups -OCH3 is 1. The highest BCUT2D eigenvalue weighted by Gasteiger charge is 2.50. The van der Waals surface area contributed by atoms with Gasteiger partial charge >= 0.3 is 6.03 Å². The van der Waals surface area contributed by atoms with Gasteiger partial charge in [0, 0.05) is 45.6 Å². The summed E-state index contributed by atoms with van der Waals surface area (Å²) in [5, 5.41) is 0. The molecule has 0 unspecified atom stereocenters. The Balaban J connectivity index is 1.90. The van der Waals surface area contributed by atoms with Crippen LogP contribution in [0.3, 0.4) is 0 Å². The first-order valence-corrected chi connectivity index (χ1v) is 8.56. The number of nitrogens with zero attached hydrogens (tertiary/aromatic N) is 3. The molecule has 0 aromatic heterocycles. The van der Waals surface area contributed by atoms with Gasteiger partial charge in [0.05, 0.1) is 19.7 Å². The van der Waals surface area contributed by atoms with Crippen molar-refractivity contribution in [2.24, 2.45) is 17.6 Å². The molecular formula is C18H26N4O3. The number of likely N-dealkylation sites (tertiary alicyclic amines) is 2. The lowest BCUT2D eigenvalue weighted by atomic mass is 9.89. The van der Waals surface area contributed by atoms with Crippen LogP contribution in [0.25, 0.3) is 0 Å². The van der Waals surface area contributed by atoms with E-state index in [1.807, 2.05) is 34.1 Å². The van der Waals surface area contributed by atoms with Crippen molar-refractivity contribution in [1.29, 1.82) is 0 Å². The predicted octanol–water partition coefficient (Wildman–Crippen LogP) is 0.767. The van der Waals surface area contributed by atoms with Gasteiger partial charge in [-0.05, 0) is 17.7 Å². The summed E-state index contributed by atoms with van der Waals surface area (Å²) in [4.78, 5) is 30.1. The Morgan fingerprint density at radius 2 is 1.88 bits per heavy atom. The highest BCUT2D eigenvalue weighted by Crippen LogP contribution is 2.45. The molecule has 1 aromatic carbocycles. The van der Waals surface area contributed by atoms with E-state index in [4.69, 9.17) is 10.5 Å². The minimum atomic E-state index is -0.0404. The lowest BCUT2D eigenvalue weighted by Crippen LogP contribution is -2.42. The van der Waals surface area contributed by atoms with Crippen LogP contribution in [0.2, 0.25) is 0 Å². The van der Waals surface area contributed by atoms with Crippen LogP contribution in [-0.4, -0.2) is 74.0 Å². The van der Waals surface area contributed by atoms with Crippen LogP contribution in [0.4, 0.5) is 4.79 Å². The summed E-state index contributed by atoms with van der Waals surface area (Å²) in [7, 11) is 5.17. The summed E-state index contributed by atoms with van der Waals surface area (Å²) < 4.78 is 5.24. The molecule has 136 valence electrons. The highest BCUT2D eigenvalue weighted by atomic mass is 16.5. The molecule has 0 spiro atoms. The Bertz CT molecular complexity index is 646. The van der Waals surface area contributed by atoms with Crippen LogP contribution >= 0.6 is 0 Å². The zero-order chi connectivity index (χ0) is 18.1. The largest absolute Gasteiger partial charge is 0.497 e. The van der Waals surface area contributed by atoms with Crippen molar-refractivity contribution in [2.45, 2.75) is 6.04 Å². The number of urea groups is 1. The molecule has 2 fully saturated rings. The van der Waals surface area contributed by atoms with Crippen LogP contribution in [0.5, 0.6) is 5.75 Å². The molecule has 3 rings (SSSR count). The van der Waals surface area contributed by atoms with Gasteiger partial charge in [-0.2, -0.15) is 0 Å². The fourth-order valence-corrected chi connectivity index (χ4v) is 4.06. The number of hydrogen-bond donors (Lipinski definition) is 1.